The number of nitrogens with two attached hydrogens (primary N) is 1. The molecule has 0 amide bonds. The molecule has 1 saturated heterocycles. The van der Waals surface area contributed by atoms with E-state index in [4.69, 9.17) is 15.2 Å². The van der Waals surface area contributed by atoms with E-state index >= 15 is 0 Å². The molecule has 100 valence electrons. The molecule has 2 rings (SSSR count). The van der Waals surface area contributed by atoms with Crippen molar-refractivity contribution in [3.8, 4) is 5.75 Å². The highest BCUT2D eigenvalue weighted by atomic mass is 16.5. The van der Waals surface area contributed by atoms with Crippen molar-refractivity contribution in [3.05, 3.63) is 6.33 Å². The first kappa shape index (κ1) is 12.9. The maximum Gasteiger partial charge on any atom is 0.204 e. The molecular weight excluding hydrogens is 232 g/mol. The van der Waals surface area contributed by atoms with Gasteiger partial charge in [-0.05, 0) is 20.8 Å². The Labute approximate surface area is 107 Å². The number of nitrogens with zero attached hydrogens (tertiary/aromatic N) is 3. The summed E-state index contributed by atoms with van der Waals surface area (Å²) in [5.74, 6) is 1.62. The van der Waals surface area contributed by atoms with Crippen LogP contribution >= 0.6 is 0 Å². The number of nitrogen functional groups attached to an aromatic ring is 1. The summed E-state index contributed by atoms with van der Waals surface area (Å²) in [6.07, 6.45) is 1.59. The Morgan fingerprint density at radius 1 is 1.50 bits per heavy atom. The van der Waals surface area contributed by atoms with Crippen LogP contribution in [0, 0.1) is 0 Å². The molecule has 6 heteroatoms. The zero-order valence-corrected chi connectivity index (χ0v) is 11.3. The fourth-order valence-corrected chi connectivity index (χ4v) is 2.41. The van der Waals surface area contributed by atoms with Crippen molar-refractivity contribution in [3.63, 3.8) is 0 Å². The zero-order valence-electron chi connectivity index (χ0n) is 11.3. The Bertz CT molecular complexity index is 436. The molecule has 1 aromatic heterocycles. The highest BCUT2D eigenvalue weighted by molar-refractivity contribution is 5.63. The van der Waals surface area contributed by atoms with Gasteiger partial charge in [-0.3, -0.25) is 0 Å². The number of hydrogen-bond donors (Lipinski definition) is 1. The highest BCUT2D eigenvalue weighted by Gasteiger charge is 2.33. The van der Waals surface area contributed by atoms with Crippen molar-refractivity contribution in [2.75, 3.05) is 30.8 Å². The summed E-state index contributed by atoms with van der Waals surface area (Å²) in [4.78, 5) is 10.4. The lowest BCUT2D eigenvalue weighted by Gasteiger charge is -2.42. The van der Waals surface area contributed by atoms with E-state index in [1.54, 1.807) is 7.11 Å². The zero-order chi connectivity index (χ0) is 13.3. The molecule has 1 fully saturated rings. The van der Waals surface area contributed by atoms with Gasteiger partial charge in [-0.1, -0.05) is 0 Å². The molecule has 0 bridgehead atoms. The normalized spacial score (nSPS) is 22.9. The van der Waals surface area contributed by atoms with Gasteiger partial charge in [-0.25, -0.2) is 9.97 Å². The maximum absolute atomic E-state index is 5.87. The van der Waals surface area contributed by atoms with E-state index in [0.29, 0.717) is 11.6 Å². The lowest BCUT2D eigenvalue weighted by Crippen LogP contribution is -2.52. The quantitative estimate of drug-likeness (QED) is 0.848. The lowest BCUT2D eigenvalue weighted by atomic mass is 10.1. The molecule has 6 nitrogen and oxygen atoms in total. The molecule has 18 heavy (non-hydrogen) atoms. The highest BCUT2D eigenvalue weighted by Crippen LogP contribution is 2.33. The molecule has 0 radical (unpaired) electrons. The molecule has 0 saturated carbocycles. The van der Waals surface area contributed by atoms with Crippen LogP contribution in [-0.4, -0.2) is 41.9 Å². The van der Waals surface area contributed by atoms with Gasteiger partial charge < -0.3 is 20.1 Å². The van der Waals surface area contributed by atoms with Crippen molar-refractivity contribution in [2.24, 2.45) is 0 Å². The number of ether oxygens (including phenoxy) is 2. The van der Waals surface area contributed by atoms with Crippen LogP contribution < -0.4 is 15.4 Å². The summed E-state index contributed by atoms with van der Waals surface area (Å²) < 4.78 is 11.2. The predicted molar refractivity (Wildman–Crippen MR) is 69.8 cm³/mol. The molecule has 1 unspecified atom stereocenters. The minimum Gasteiger partial charge on any atom is -0.490 e. The van der Waals surface area contributed by atoms with Crippen molar-refractivity contribution >= 4 is 11.6 Å². The molecule has 2 heterocycles. The first-order valence-corrected chi connectivity index (χ1v) is 6.00. The molecule has 0 spiro atoms. The van der Waals surface area contributed by atoms with Gasteiger partial charge in [0.25, 0.3) is 0 Å². The molecule has 1 atom stereocenters. The molecule has 1 aliphatic rings. The third-order valence-corrected chi connectivity index (χ3v) is 2.89. The van der Waals surface area contributed by atoms with E-state index in [2.05, 4.69) is 28.7 Å². The summed E-state index contributed by atoms with van der Waals surface area (Å²) in [6, 6.07) is 0. The Balaban J connectivity index is 2.34. The van der Waals surface area contributed by atoms with Gasteiger partial charge in [-0.2, -0.15) is 0 Å². The third-order valence-electron chi connectivity index (χ3n) is 2.89. The Morgan fingerprint density at radius 3 is 2.83 bits per heavy atom. The average Bonchev–Trinajstić information content (AvgIpc) is 2.25. The molecule has 0 aliphatic carbocycles. The predicted octanol–water partition coefficient (Wildman–Crippen LogP) is 1.07. The van der Waals surface area contributed by atoms with Crippen molar-refractivity contribution in [1.82, 2.24) is 9.97 Å². The maximum atomic E-state index is 5.87. The second-order valence-electron chi connectivity index (χ2n) is 5.18. The number of morpholine rings is 1. The van der Waals surface area contributed by atoms with Gasteiger partial charge in [0.2, 0.25) is 5.75 Å². The molecular formula is C12H20N4O2. The van der Waals surface area contributed by atoms with E-state index in [-0.39, 0.29) is 11.7 Å². The Kier molecular flexibility index (Phi) is 3.30. The minimum atomic E-state index is -0.220. The van der Waals surface area contributed by atoms with Gasteiger partial charge >= 0.3 is 0 Å². The standard InChI is InChI=1S/C12H20N4O2/c1-8-5-16(6-12(2,3)18-8)11-9(17-4)10(13)14-7-15-11/h7-8H,5-6H2,1-4H3,(H2,13,14,15). The van der Waals surface area contributed by atoms with Crippen LogP contribution in [0.3, 0.4) is 0 Å². The summed E-state index contributed by atoms with van der Waals surface area (Å²) in [7, 11) is 1.58. The van der Waals surface area contributed by atoms with Gasteiger partial charge in [0.05, 0.1) is 18.8 Å². The van der Waals surface area contributed by atoms with Crippen LogP contribution in [0.5, 0.6) is 5.75 Å². The van der Waals surface area contributed by atoms with Gasteiger partial charge in [-0.15, -0.1) is 0 Å². The monoisotopic (exact) mass is 252 g/mol. The van der Waals surface area contributed by atoms with Crippen LogP contribution in [-0.2, 0) is 4.74 Å². The van der Waals surface area contributed by atoms with E-state index in [0.717, 1.165) is 18.9 Å². The first-order valence-electron chi connectivity index (χ1n) is 6.00. The second-order valence-corrected chi connectivity index (χ2v) is 5.18. The van der Waals surface area contributed by atoms with Crippen LogP contribution in [0.15, 0.2) is 6.33 Å². The smallest absolute Gasteiger partial charge is 0.204 e. The number of rotatable bonds is 2. The summed E-state index contributed by atoms with van der Waals surface area (Å²) >= 11 is 0. The number of anilines is 2. The fraction of sp³-hybridized carbons (Fsp3) is 0.667. The topological polar surface area (TPSA) is 73.5 Å². The van der Waals surface area contributed by atoms with E-state index in [1.165, 1.54) is 6.33 Å². The molecule has 1 aromatic rings. The second kappa shape index (κ2) is 4.61. The van der Waals surface area contributed by atoms with E-state index in [1.807, 2.05) is 6.92 Å². The lowest BCUT2D eigenvalue weighted by molar-refractivity contribution is -0.0752. The number of methoxy groups -OCH3 is 1. The largest absolute Gasteiger partial charge is 0.490 e. The van der Waals surface area contributed by atoms with Crippen molar-refractivity contribution in [2.45, 2.75) is 32.5 Å². The molecule has 2 N–H and O–H groups in total. The van der Waals surface area contributed by atoms with Gasteiger partial charge in [0, 0.05) is 13.1 Å². The Hall–Kier alpha value is -1.56. The van der Waals surface area contributed by atoms with Crippen LogP contribution in [0.2, 0.25) is 0 Å². The number of hydrogen-bond acceptors (Lipinski definition) is 6. The fourth-order valence-electron chi connectivity index (χ4n) is 2.41. The van der Waals surface area contributed by atoms with Crippen LogP contribution in [0.1, 0.15) is 20.8 Å². The van der Waals surface area contributed by atoms with E-state index in [9.17, 15) is 0 Å². The Morgan fingerprint density at radius 2 is 2.22 bits per heavy atom. The molecule has 0 aromatic carbocycles. The third kappa shape index (κ3) is 2.48. The van der Waals surface area contributed by atoms with Crippen molar-refractivity contribution < 1.29 is 9.47 Å². The SMILES string of the molecule is COc1c(N)ncnc1N1CC(C)OC(C)(C)C1. The summed E-state index contributed by atoms with van der Waals surface area (Å²) in [6.45, 7) is 7.67. The van der Waals surface area contributed by atoms with Crippen LogP contribution in [0.25, 0.3) is 0 Å². The summed E-state index contributed by atoms with van der Waals surface area (Å²) in [5.41, 5.74) is 5.59. The molecule has 1 aliphatic heterocycles. The van der Waals surface area contributed by atoms with Crippen LogP contribution in [0.4, 0.5) is 11.6 Å². The van der Waals surface area contributed by atoms with Gasteiger partial charge in [0.1, 0.15) is 6.33 Å². The number of aromatic nitrogens is 2. The van der Waals surface area contributed by atoms with Crippen molar-refractivity contribution in [1.29, 1.82) is 0 Å². The minimum absolute atomic E-state index is 0.134. The first-order chi connectivity index (χ1) is 8.43. The van der Waals surface area contributed by atoms with E-state index < -0.39 is 0 Å². The van der Waals surface area contributed by atoms with Gasteiger partial charge in [0.15, 0.2) is 11.6 Å². The summed E-state index contributed by atoms with van der Waals surface area (Å²) in [5, 5.41) is 0. The average molecular weight is 252 g/mol.